The summed E-state index contributed by atoms with van der Waals surface area (Å²) in [6.07, 6.45) is 5.40. The van der Waals surface area contributed by atoms with E-state index in [-0.39, 0.29) is 17.8 Å². The van der Waals surface area contributed by atoms with E-state index in [1.807, 2.05) is 0 Å². The van der Waals surface area contributed by atoms with E-state index in [1.54, 1.807) is 25.1 Å². The second-order valence-electron chi connectivity index (χ2n) is 5.24. The molecule has 1 N–H and O–H groups in total. The van der Waals surface area contributed by atoms with Crippen LogP contribution in [0.2, 0.25) is 0 Å². The van der Waals surface area contributed by atoms with E-state index in [0.29, 0.717) is 22.3 Å². The molecule has 0 saturated heterocycles. The first-order valence-electron chi connectivity index (χ1n) is 7.39. The Labute approximate surface area is 133 Å². The maximum Gasteiger partial charge on any atom is 0.338 e. The predicted molar refractivity (Wildman–Crippen MR) is 85.3 cm³/mol. The minimum Gasteiger partial charge on any atom is -0.462 e. The smallest absolute Gasteiger partial charge is 0.338 e. The minimum atomic E-state index is -0.358. The van der Waals surface area contributed by atoms with Gasteiger partial charge in [0.15, 0.2) is 0 Å². The van der Waals surface area contributed by atoms with Crippen LogP contribution in [0.4, 0.5) is 5.69 Å². The lowest BCUT2D eigenvalue weighted by molar-refractivity contribution is -0.120. The van der Waals surface area contributed by atoms with E-state index in [4.69, 9.17) is 4.74 Å². The van der Waals surface area contributed by atoms with Crippen LogP contribution in [0.1, 0.15) is 49.4 Å². The van der Waals surface area contributed by atoms with Gasteiger partial charge in [-0.2, -0.15) is 0 Å². The van der Waals surface area contributed by atoms with Gasteiger partial charge < -0.3 is 10.1 Å². The largest absolute Gasteiger partial charge is 0.462 e. The van der Waals surface area contributed by atoms with Crippen molar-refractivity contribution in [2.24, 2.45) is 5.92 Å². The highest BCUT2D eigenvalue weighted by Gasteiger charge is 2.21. The number of anilines is 1. The molecule has 1 aliphatic carbocycles. The molecular weight excluding hydrogens is 334 g/mol. The number of halogens is 1. The van der Waals surface area contributed by atoms with Crippen molar-refractivity contribution in [2.45, 2.75) is 39.0 Å². The molecule has 5 heteroatoms. The zero-order valence-electron chi connectivity index (χ0n) is 12.2. The molecule has 114 valence electrons. The summed E-state index contributed by atoms with van der Waals surface area (Å²) in [6, 6.07) is 5.07. The van der Waals surface area contributed by atoms with Crippen LogP contribution in [0.25, 0.3) is 0 Å². The molecule has 0 bridgehead atoms. The molecule has 1 aromatic rings. The Balaban J connectivity index is 2.03. The topological polar surface area (TPSA) is 55.4 Å². The molecule has 0 spiro atoms. The van der Waals surface area contributed by atoms with Crippen LogP contribution >= 0.6 is 15.9 Å². The number of carbonyl (C=O) groups excluding carboxylic acids is 2. The molecule has 0 unspecified atom stereocenters. The minimum absolute atomic E-state index is 0.0688. The molecule has 0 aliphatic heterocycles. The third kappa shape index (κ3) is 4.30. The van der Waals surface area contributed by atoms with E-state index in [1.165, 1.54) is 6.42 Å². The molecule has 4 nitrogen and oxygen atoms in total. The standard InChI is InChI=1S/C16H20BrNO3/c1-2-21-16(20)12-8-9-14(13(17)10-12)18-15(19)11-6-4-3-5-7-11/h8-11H,2-7H2,1H3,(H,18,19). The molecule has 1 saturated carbocycles. The van der Waals surface area contributed by atoms with Crippen molar-refractivity contribution < 1.29 is 14.3 Å². The van der Waals surface area contributed by atoms with Gasteiger partial charge in [-0.15, -0.1) is 0 Å². The average molecular weight is 354 g/mol. The fourth-order valence-corrected chi connectivity index (χ4v) is 3.04. The first-order chi connectivity index (χ1) is 10.1. The number of carbonyl (C=O) groups is 2. The summed E-state index contributed by atoms with van der Waals surface area (Å²) in [5.74, 6) is -0.182. The Morgan fingerprint density at radius 1 is 1.29 bits per heavy atom. The molecular formula is C16H20BrNO3. The summed E-state index contributed by atoms with van der Waals surface area (Å²) >= 11 is 3.40. The van der Waals surface area contributed by atoms with Crippen LogP contribution in [0.5, 0.6) is 0 Å². The molecule has 21 heavy (non-hydrogen) atoms. The Hall–Kier alpha value is -1.36. The van der Waals surface area contributed by atoms with Gasteiger partial charge in [0.05, 0.1) is 17.9 Å². The van der Waals surface area contributed by atoms with Gasteiger partial charge in [0.25, 0.3) is 0 Å². The number of hydrogen-bond acceptors (Lipinski definition) is 3. The van der Waals surface area contributed by atoms with Gasteiger partial charge in [0.1, 0.15) is 0 Å². The molecule has 0 aromatic heterocycles. The molecule has 1 aliphatic rings. The van der Waals surface area contributed by atoms with Crippen molar-refractivity contribution in [3.8, 4) is 0 Å². The fourth-order valence-electron chi connectivity index (χ4n) is 2.56. The van der Waals surface area contributed by atoms with Gasteiger partial charge in [-0.25, -0.2) is 4.79 Å². The quantitative estimate of drug-likeness (QED) is 0.827. The Bertz CT molecular complexity index is 524. The van der Waals surface area contributed by atoms with E-state index < -0.39 is 0 Å². The van der Waals surface area contributed by atoms with Gasteiger partial charge in [-0.05, 0) is 53.9 Å². The number of ether oxygens (including phenoxy) is 1. The molecule has 1 aromatic carbocycles. The summed E-state index contributed by atoms with van der Waals surface area (Å²) in [5.41, 5.74) is 1.16. The second kappa shape index (κ2) is 7.59. The van der Waals surface area contributed by atoms with Crippen molar-refractivity contribution in [3.63, 3.8) is 0 Å². The molecule has 0 heterocycles. The number of nitrogens with one attached hydrogen (secondary N) is 1. The van der Waals surface area contributed by atoms with Crippen LogP contribution in [0.3, 0.4) is 0 Å². The van der Waals surface area contributed by atoms with Crippen molar-refractivity contribution >= 4 is 33.5 Å². The van der Waals surface area contributed by atoms with Crippen LogP contribution in [0.15, 0.2) is 22.7 Å². The first-order valence-corrected chi connectivity index (χ1v) is 8.18. The van der Waals surface area contributed by atoms with Gasteiger partial charge in [0, 0.05) is 10.4 Å². The van der Waals surface area contributed by atoms with Crippen LogP contribution in [0, 0.1) is 5.92 Å². The molecule has 0 radical (unpaired) electrons. The van der Waals surface area contributed by atoms with Gasteiger partial charge >= 0.3 is 5.97 Å². The van der Waals surface area contributed by atoms with Gasteiger partial charge in [0.2, 0.25) is 5.91 Å². The zero-order chi connectivity index (χ0) is 15.2. The van der Waals surface area contributed by atoms with Gasteiger partial charge in [-0.1, -0.05) is 19.3 Å². The zero-order valence-corrected chi connectivity index (χ0v) is 13.7. The Morgan fingerprint density at radius 2 is 2.00 bits per heavy atom. The summed E-state index contributed by atoms with van der Waals surface area (Å²) in [5, 5.41) is 2.94. The van der Waals surface area contributed by atoms with E-state index >= 15 is 0 Å². The maximum absolute atomic E-state index is 12.2. The third-order valence-electron chi connectivity index (χ3n) is 3.71. The lowest BCUT2D eigenvalue weighted by Crippen LogP contribution is -2.24. The SMILES string of the molecule is CCOC(=O)c1ccc(NC(=O)C2CCCCC2)c(Br)c1. The first kappa shape index (κ1) is 16.0. The summed E-state index contributed by atoms with van der Waals surface area (Å²) in [7, 11) is 0. The molecule has 1 fully saturated rings. The predicted octanol–water partition coefficient (Wildman–Crippen LogP) is 4.14. The molecule has 1 amide bonds. The number of rotatable bonds is 4. The summed E-state index contributed by atoms with van der Waals surface area (Å²) in [6.45, 7) is 2.11. The highest BCUT2D eigenvalue weighted by molar-refractivity contribution is 9.10. The Kier molecular flexibility index (Phi) is 5.79. The van der Waals surface area contributed by atoms with E-state index in [0.717, 1.165) is 25.7 Å². The molecule has 2 rings (SSSR count). The van der Waals surface area contributed by atoms with Crippen LogP contribution < -0.4 is 5.32 Å². The third-order valence-corrected chi connectivity index (χ3v) is 4.37. The highest BCUT2D eigenvalue weighted by atomic mass is 79.9. The normalized spacial score (nSPS) is 15.5. The van der Waals surface area contributed by atoms with Crippen LogP contribution in [-0.4, -0.2) is 18.5 Å². The highest BCUT2D eigenvalue weighted by Crippen LogP contribution is 2.28. The van der Waals surface area contributed by atoms with Gasteiger partial charge in [-0.3, -0.25) is 4.79 Å². The lowest BCUT2D eigenvalue weighted by Gasteiger charge is -2.21. The second-order valence-corrected chi connectivity index (χ2v) is 6.09. The number of amides is 1. The number of benzene rings is 1. The monoisotopic (exact) mass is 353 g/mol. The summed E-state index contributed by atoms with van der Waals surface area (Å²) < 4.78 is 5.64. The van der Waals surface area contributed by atoms with Crippen molar-refractivity contribution in [3.05, 3.63) is 28.2 Å². The maximum atomic E-state index is 12.2. The van der Waals surface area contributed by atoms with Crippen molar-refractivity contribution in [1.29, 1.82) is 0 Å². The molecule has 0 atom stereocenters. The number of hydrogen-bond donors (Lipinski definition) is 1. The fraction of sp³-hybridized carbons (Fsp3) is 0.500. The average Bonchev–Trinajstić information content (AvgIpc) is 2.50. The number of esters is 1. The Morgan fingerprint density at radius 3 is 2.62 bits per heavy atom. The lowest BCUT2D eigenvalue weighted by atomic mass is 9.88. The van der Waals surface area contributed by atoms with Crippen molar-refractivity contribution in [2.75, 3.05) is 11.9 Å². The van der Waals surface area contributed by atoms with Crippen molar-refractivity contribution in [1.82, 2.24) is 0 Å². The van der Waals surface area contributed by atoms with Crippen LogP contribution in [-0.2, 0) is 9.53 Å². The van der Waals surface area contributed by atoms with E-state index in [2.05, 4.69) is 21.2 Å². The summed E-state index contributed by atoms with van der Waals surface area (Å²) in [4.78, 5) is 23.9. The van der Waals surface area contributed by atoms with E-state index in [9.17, 15) is 9.59 Å².